The van der Waals surface area contributed by atoms with E-state index in [0.717, 1.165) is 12.8 Å². The van der Waals surface area contributed by atoms with E-state index < -0.39 is 16.1 Å². The van der Waals surface area contributed by atoms with Crippen molar-refractivity contribution in [2.24, 2.45) is 11.7 Å². The predicted octanol–water partition coefficient (Wildman–Crippen LogP) is -0.674. The third kappa shape index (κ3) is 4.05. The molecule has 6 nitrogen and oxygen atoms in total. The van der Waals surface area contributed by atoms with Crippen LogP contribution in [0.3, 0.4) is 0 Å². The van der Waals surface area contributed by atoms with Crippen molar-refractivity contribution in [2.75, 3.05) is 25.9 Å². The fourth-order valence-electron chi connectivity index (χ4n) is 1.69. The van der Waals surface area contributed by atoms with Crippen LogP contribution < -0.4 is 11.1 Å². The maximum Gasteiger partial charge on any atom is 0.312 e. The third-order valence-electron chi connectivity index (χ3n) is 2.61. The molecule has 88 valence electrons. The molecule has 1 heterocycles. The van der Waals surface area contributed by atoms with Crippen molar-refractivity contribution in [1.82, 2.24) is 9.62 Å². The highest BCUT2D eigenvalue weighted by molar-refractivity contribution is 7.88. The molecule has 0 atom stereocenters. The lowest BCUT2D eigenvalue weighted by molar-refractivity contribution is 0.238. The normalized spacial score (nSPS) is 20.1. The Morgan fingerprint density at radius 3 is 2.40 bits per heavy atom. The molecule has 1 rings (SSSR count). The van der Waals surface area contributed by atoms with E-state index in [-0.39, 0.29) is 0 Å². The molecule has 0 radical (unpaired) electrons. The lowest BCUT2D eigenvalue weighted by Gasteiger charge is -2.30. The fourth-order valence-corrected chi connectivity index (χ4v) is 2.56. The van der Waals surface area contributed by atoms with E-state index >= 15 is 0 Å². The van der Waals surface area contributed by atoms with E-state index in [9.17, 15) is 13.2 Å². The number of nitrogens with two attached hydrogens (primary N) is 1. The van der Waals surface area contributed by atoms with Crippen molar-refractivity contribution in [3.8, 4) is 0 Å². The Kier molecular flexibility index (Phi) is 3.92. The number of sulfonamides is 1. The molecule has 1 saturated heterocycles. The molecule has 1 aliphatic rings. The van der Waals surface area contributed by atoms with Gasteiger partial charge >= 0.3 is 6.03 Å². The fraction of sp³-hybridized carbons (Fsp3) is 0.875. The van der Waals surface area contributed by atoms with E-state index in [4.69, 9.17) is 5.73 Å². The van der Waals surface area contributed by atoms with Crippen LogP contribution in [-0.4, -0.2) is 44.6 Å². The van der Waals surface area contributed by atoms with Crippen LogP contribution in [0.4, 0.5) is 4.79 Å². The molecule has 1 aliphatic heterocycles. The molecule has 0 saturated carbocycles. The first-order chi connectivity index (χ1) is 6.89. The number of hydrogen-bond donors (Lipinski definition) is 2. The Morgan fingerprint density at radius 2 is 2.00 bits per heavy atom. The molecule has 0 spiro atoms. The number of urea groups is 1. The Morgan fingerprint density at radius 1 is 1.47 bits per heavy atom. The summed E-state index contributed by atoms with van der Waals surface area (Å²) >= 11 is 0. The van der Waals surface area contributed by atoms with Gasteiger partial charge in [-0.05, 0) is 18.8 Å². The van der Waals surface area contributed by atoms with E-state index in [1.807, 2.05) is 0 Å². The molecule has 0 aromatic rings. The Hall–Kier alpha value is -0.820. The van der Waals surface area contributed by atoms with E-state index in [2.05, 4.69) is 5.32 Å². The van der Waals surface area contributed by atoms with Crippen molar-refractivity contribution in [3.05, 3.63) is 0 Å². The SMILES string of the molecule is CS(=O)(=O)N1CCC(CNC(N)=O)CC1. The van der Waals surface area contributed by atoms with Gasteiger partial charge in [0.25, 0.3) is 0 Å². The van der Waals surface area contributed by atoms with E-state index in [1.54, 1.807) is 0 Å². The van der Waals surface area contributed by atoms with Gasteiger partial charge in [-0.15, -0.1) is 0 Å². The molecule has 0 aliphatic carbocycles. The Bertz CT molecular complexity index is 320. The Balaban J connectivity index is 2.33. The first-order valence-corrected chi connectivity index (χ1v) is 6.73. The first-order valence-electron chi connectivity index (χ1n) is 4.88. The summed E-state index contributed by atoms with van der Waals surface area (Å²) in [6, 6.07) is -0.527. The predicted molar refractivity (Wildman–Crippen MR) is 56.7 cm³/mol. The lowest BCUT2D eigenvalue weighted by Crippen LogP contribution is -2.41. The number of carbonyl (C=O) groups is 1. The van der Waals surface area contributed by atoms with Crippen LogP contribution in [0, 0.1) is 5.92 Å². The van der Waals surface area contributed by atoms with E-state index in [0.29, 0.717) is 25.6 Å². The monoisotopic (exact) mass is 235 g/mol. The van der Waals surface area contributed by atoms with Gasteiger partial charge in [0, 0.05) is 19.6 Å². The topological polar surface area (TPSA) is 92.5 Å². The van der Waals surface area contributed by atoms with Crippen LogP contribution in [0.15, 0.2) is 0 Å². The summed E-state index contributed by atoms with van der Waals surface area (Å²) in [5.74, 6) is 0.329. The molecule has 3 N–H and O–H groups in total. The highest BCUT2D eigenvalue weighted by Crippen LogP contribution is 2.18. The van der Waals surface area contributed by atoms with Crippen LogP contribution in [-0.2, 0) is 10.0 Å². The van der Waals surface area contributed by atoms with Gasteiger partial charge < -0.3 is 11.1 Å². The lowest BCUT2D eigenvalue weighted by atomic mass is 9.98. The zero-order chi connectivity index (χ0) is 11.5. The number of rotatable bonds is 3. The average Bonchev–Trinajstić information content (AvgIpc) is 2.14. The summed E-state index contributed by atoms with van der Waals surface area (Å²) in [6.45, 7) is 1.60. The van der Waals surface area contributed by atoms with Crippen molar-refractivity contribution in [3.63, 3.8) is 0 Å². The molecule has 1 fully saturated rings. The second kappa shape index (κ2) is 4.80. The largest absolute Gasteiger partial charge is 0.352 e. The maximum atomic E-state index is 11.2. The minimum absolute atomic E-state index is 0.329. The van der Waals surface area contributed by atoms with Gasteiger partial charge in [0.2, 0.25) is 10.0 Å². The number of nitrogens with zero attached hydrogens (tertiary/aromatic N) is 1. The van der Waals surface area contributed by atoms with Crippen molar-refractivity contribution < 1.29 is 13.2 Å². The maximum absolute atomic E-state index is 11.2. The van der Waals surface area contributed by atoms with Gasteiger partial charge in [-0.1, -0.05) is 0 Å². The van der Waals surface area contributed by atoms with Gasteiger partial charge in [0.15, 0.2) is 0 Å². The van der Waals surface area contributed by atoms with Crippen molar-refractivity contribution in [1.29, 1.82) is 0 Å². The summed E-state index contributed by atoms with van der Waals surface area (Å²) in [4.78, 5) is 10.5. The number of hydrogen-bond acceptors (Lipinski definition) is 3. The Labute approximate surface area is 89.9 Å². The molecule has 15 heavy (non-hydrogen) atoms. The average molecular weight is 235 g/mol. The molecule has 0 aromatic carbocycles. The van der Waals surface area contributed by atoms with Gasteiger partial charge in [-0.25, -0.2) is 17.5 Å². The van der Waals surface area contributed by atoms with E-state index in [1.165, 1.54) is 10.6 Å². The number of nitrogens with one attached hydrogen (secondary N) is 1. The zero-order valence-corrected chi connectivity index (χ0v) is 9.59. The number of primary amides is 1. The minimum atomic E-state index is -3.06. The van der Waals surface area contributed by atoms with Crippen LogP contribution in [0.25, 0.3) is 0 Å². The molecular weight excluding hydrogens is 218 g/mol. The van der Waals surface area contributed by atoms with Gasteiger partial charge in [-0.2, -0.15) is 0 Å². The van der Waals surface area contributed by atoms with Crippen LogP contribution in [0.2, 0.25) is 0 Å². The second-order valence-corrected chi connectivity index (χ2v) is 5.83. The summed E-state index contributed by atoms with van der Waals surface area (Å²) < 4.78 is 23.9. The number of piperidine rings is 1. The molecule has 2 amide bonds. The quantitative estimate of drug-likeness (QED) is 0.679. The first kappa shape index (κ1) is 12.3. The highest BCUT2D eigenvalue weighted by Gasteiger charge is 2.24. The second-order valence-electron chi connectivity index (χ2n) is 3.85. The summed E-state index contributed by atoms with van der Waals surface area (Å²) in [6.07, 6.45) is 2.76. The molecule has 0 aromatic heterocycles. The van der Waals surface area contributed by atoms with Gasteiger partial charge in [-0.3, -0.25) is 0 Å². The smallest absolute Gasteiger partial charge is 0.312 e. The van der Waals surface area contributed by atoms with Crippen LogP contribution in [0.1, 0.15) is 12.8 Å². The minimum Gasteiger partial charge on any atom is -0.352 e. The van der Waals surface area contributed by atoms with Crippen molar-refractivity contribution in [2.45, 2.75) is 12.8 Å². The zero-order valence-electron chi connectivity index (χ0n) is 8.77. The summed E-state index contributed by atoms with van der Waals surface area (Å²) in [5.41, 5.74) is 4.95. The third-order valence-corrected chi connectivity index (χ3v) is 3.91. The summed E-state index contributed by atoms with van der Waals surface area (Å²) in [5, 5.41) is 2.54. The van der Waals surface area contributed by atoms with Gasteiger partial charge in [0.05, 0.1) is 6.26 Å². The highest BCUT2D eigenvalue weighted by atomic mass is 32.2. The number of amides is 2. The summed E-state index contributed by atoms with van der Waals surface area (Å²) in [7, 11) is -3.06. The number of carbonyl (C=O) groups excluding carboxylic acids is 1. The molecular formula is C8H17N3O3S. The van der Waals surface area contributed by atoms with Crippen LogP contribution in [0.5, 0.6) is 0 Å². The molecule has 0 unspecified atom stereocenters. The molecule has 7 heteroatoms. The van der Waals surface area contributed by atoms with Crippen LogP contribution >= 0.6 is 0 Å². The molecule has 0 bridgehead atoms. The van der Waals surface area contributed by atoms with Gasteiger partial charge in [0.1, 0.15) is 0 Å². The standard InChI is InChI=1S/C8H17N3O3S/c1-15(13,14)11-4-2-7(3-5-11)6-10-8(9)12/h7H,2-6H2,1H3,(H3,9,10,12). The van der Waals surface area contributed by atoms with Crippen molar-refractivity contribution >= 4 is 16.1 Å².